The van der Waals surface area contributed by atoms with Crippen molar-refractivity contribution in [3.63, 3.8) is 0 Å². The van der Waals surface area contributed by atoms with Crippen molar-refractivity contribution < 1.29 is 4.79 Å². The second-order valence-electron chi connectivity index (χ2n) is 5.94. The van der Waals surface area contributed by atoms with Gasteiger partial charge in [-0.1, -0.05) is 6.92 Å². The number of rotatable bonds is 4. The molecule has 4 nitrogen and oxygen atoms in total. The van der Waals surface area contributed by atoms with Gasteiger partial charge in [0.15, 0.2) is 0 Å². The van der Waals surface area contributed by atoms with Crippen LogP contribution in [-0.2, 0) is 4.79 Å². The van der Waals surface area contributed by atoms with E-state index in [2.05, 4.69) is 22.5 Å². The summed E-state index contributed by atoms with van der Waals surface area (Å²) in [7, 11) is 0. The number of nitrogens with zero attached hydrogens (tertiary/aromatic N) is 1. The molecule has 2 fully saturated rings. The number of piperidine rings is 1. The van der Waals surface area contributed by atoms with Crippen LogP contribution >= 0.6 is 0 Å². The number of hydrogen-bond acceptors (Lipinski definition) is 3. The van der Waals surface area contributed by atoms with Gasteiger partial charge in [0.25, 0.3) is 0 Å². The molecule has 0 aromatic heterocycles. The normalized spacial score (nSPS) is 25.2. The highest BCUT2D eigenvalue weighted by Gasteiger charge is 2.41. The minimum Gasteiger partial charge on any atom is -0.355 e. The summed E-state index contributed by atoms with van der Waals surface area (Å²) in [5, 5.41) is 6.44. The summed E-state index contributed by atoms with van der Waals surface area (Å²) in [6.45, 7) is 9.41. The van der Waals surface area contributed by atoms with Crippen LogP contribution in [0.3, 0.4) is 0 Å². The molecule has 2 heterocycles. The van der Waals surface area contributed by atoms with E-state index >= 15 is 0 Å². The third-order valence-electron chi connectivity index (χ3n) is 4.61. The Kier molecular flexibility index (Phi) is 4.62. The molecule has 104 valence electrons. The SMILES string of the molecule is CCCNC(=O)C(C)N1CCC2(CCNCC2)C1. The lowest BCUT2D eigenvalue weighted by Gasteiger charge is -2.34. The van der Waals surface area contributed by atoms with Gasteiger partial charge < -0.3 is 10.6 Å². The molecule has 1 atom stereocenters. The molecule has 0 saturated carbocycles. The van der Waals surface area contributed by atoms with Gasteiger partial charge >= 0.3 is 0 Å². The van der Waals surface area contributed by atoms with Gasteiger partial charge in [0, 0.05) is 13.1 Å². The highest BCUT2D eigenvalue weighted by molar-refractivity contribution is 5.81. The van der Waals surface area contributed by atoms with Crippen molar-refractivity contribution in [3.05, 3.63) is 0 Å². The first-order valence-electron chi connectivity index (χ1n) is 7.39. The lowest BCUT2D eigenvalue weighted by molar-refractivity contribution is -0.125. The zero-order chi connectivity index (χ0) is 13.0. The maximum absolute atomic E-state index is 12.0. The predicted octanol–water partition coefficient (Wildman–Crippen LogP) is 0.977. The molecule has 1 spiro atoms. The second kappa shape index (κ2) is 6.02. The molecule has 1 amide bonds. The van der Waals surface area contributed by atoms with Crippen molar-refractivity contribution in [2.75, 3.05) is 32.7 Å². The van der Waals surface area contributed by atoms with Crippen LogP contribution in [0.4, 0.5) is 0 Å². The minimum absolute atomic E-state index is 0.0332. The van der Waals surface area contributed by atoms with Crippen LogP contribution in [0.1, 0.15) is 39.5 Å². The average Bonchev–Trinajstić information content (AvgIpc) is 2.79. The fraction of sp³-hybridized carbons (Fsp3) is 0.929. The van der Waals surface area contributed by atoms with E-state index in [1.165, 1.54) is 19.3 Å². The summed E-state index contributed by atoms with van der Waals surface area (Å²) in [6.07, 6.45) is 4.81. The molecule has 18 heavy (non-hydrogen) atoms. The molecule has 0 radical (unpaired) electrons. The van der Waals surface area contributed by atoms with Crippen molar-refractivity contribution in [1.29, 1.82) is 0 Å². The number of likely N-dealkylation sites (tertiary alicyclic amines) is 1. The van der Waals surface area contributed by atoms with Gasteiger partial charge in [-0.3, -0.25) is 9.69 Å². The van der Waals surface area contributed by atoms with E-state index in [1.54, 1.807) is 0 Å². The van der Waals surface area contributed by atoms with E-state index in [9.17, 15) is 4.79 Å². The summed E-state index contributed by atoms with van der Waals surface area (Å²) in [6, 6.07) is 0.0332. The van der Waals surface area contributed by atoms with E-state index in [-0.39, 0.29) is 11.9 Å². The zero-order valence-corrected chi connectivity index (χ0v) is 11.8. The molecule has 2 rings (SSSR count). The minimum atomic E-state index is 0.0332. The van der Waals surface area contributed by atoms with Crippen molar-refractivity contribution in [2.45, 2.75) is 45.6 Å². The molecule has 2 N–H and O–H groups in total. The predicted molar refractivity (Wildman–Crippen MR) is 73.5 cm³/mol. The molecule has 0 bridgehead atoms. The smallest absolute Gasteiger partial charge is 0.237 e. The molecule has 2 aliphatic rings. The highest BCUT2D eigenvalue weighted by Crippen LogP contribution is 2.39. The molecule has 0 aromatic rings. The van der Waals surface area contributed by atoms with Crippen LogP contribution in [0, 0.1) is 5.41 Å². The van der Waals surface area contributed by atoms with Gasteiger partial charge in [0.1, 0.15) is 0 Å². The molecule has 4 heteroatoms. The van der Waals surface area contributed by atoms with Gasteiger partial charge in [-0.15, -0.1) is 0 Å². The van der Waals surface area contributed by atoms with Crippen molar-refractivity contribution in [3.8, 4) is 0 Å². The lowest BCUT2D eigenvalue weighted by atomic mass is 9.78. The van der Waals surface area contributed by atoms with E-state index in [0.717, 1.165) is 39.1 Å². The summed E-state index contributed by atoms with van der Waals surface area (Å²) in [4.78, 5) is 14.4. The first-order chi connectivity index (χ1) is 8.67. The molecule has 1 unspecified atom stereocenters. The van der Waals surface area contributed by atoms with Crippen LogP contribution in [0.5, 0.6) is 0 Å². The summed E-state index contributed by atoms with van der Waals surface area (Å²) in [5.41, 5.74) is 0.491. The van der Waals surface area contributed by atoms with Gasteiger partial charge in [-0.05, 0) is 57.7 Å². The van der Waals surface area contributed by atoms with Gasteiger partial charge in [0.05, 0.1) is 6.04 Å². The Labute approximate surface area is 110 Å². The van der Waals surface area contributed by atoms with Gasteiger partial charge in [-0.25, -0.2) is 0 Å². The number of carbonyl (C=O) groups is 1. The standard InChI is InChI=1S/C14H27N3O/c1-3-7-16-13(18)12(2)17-10-6-14(11-17)4-8-15-9-5-14/h12,15H,3-11H2,1-2H3,(H,16,18). The Balaban J connectivity index is 1.85. The Bertz CT molecular complexity index is 287. The molecule has 0 aliphatic carbocycles. The van der Waals surface area contributed by atoms with Crippen LogP contribution in [0.15, 0.2) is 0 Å². The third kappa shape index (κ3) is 3.04. The average molecular weight is 253 g/mol. The third-order valence-corrected chi connectivity index (χ3v) is 4.61. The van der Waals surface area contributed by atoms with E-state index in [4.69, 9.17) is 0 Å². The maximum Gasteiger partial charge on any atom is 0.237 e. The quantitative estimate of drug-likeness (QED) is 0.785. The fourth-order valence-electron chi connectivity index (χ4n) is 3.23. The topological polar surface area (TPSA) is 44.4 Å². The Hall–Kier alpha value is -0.610. The van der Waals surface area contributed by atoms with Crippen LogP contribution < -0.4 is 10.6 Å². The fourth-order valence-corrected chi connectivity index (χ4v) is 3.23. The second-order valence-corrected chi connectivity index (χ2v) is 5.94. The largest absolute Gasteiger partial charge is 0.355 e. The van der Waals surface area contributed by atoms with Crippen LogP contribution in [0.2, 0.25) is 0 Å². The van der Waals surface area contributed by atoms with Crippen LogP contribution in [0.25, 0.3) is 0 Å². The van der Waals surface area contributed by atoms with Crippen LogP contribution in [-0.4, -0.2) is 49.6 Å². The van der Waals surface area contributed by atoms with Gasteiger partial charge in [0.2, 0.25) is 5.91 Å². The maximum atomic E-state index is 12.0. The number of nitrogens with one attached hydrogen (secondary N) is 2. The van der Waals surface area contributed by atoms with Crippen molar-refractivity contribution >= 4 is 5.91 Å². The monoisotopic (exact) mass is 253 g/mol. The number of carbonyl (C=O) groups excluding carboxylic acids is 1. The Morgan fingerprint density at radius 2 is 2.11 bits per heavy atom. The first-order valence-corrected chi connectivity index (χ1v) is 7.39. The van der Waals surface area contributed by atoms with E-state index in [0.29, 0.717) is 5.41 Å². The summed E-state index contributed by atoms with van der Waals surface area (Å²) < 4.78 is 0. The summed E-state index contributed by atoms with van der Waals surface area (Å²) in [5.74, 6) is 0.197. The molecule has 2 aliphatic heterocycles. The molecule has 0 aromatic carbocycles. The Morgan fingerprint density at radius 3 is 2.78 bits per heavy atom. The van der Waals surface area contributed by atoms with Gasteiger partial charge in [-0.2, -0.15) is 0 Å². The van der Waals surface area contributed by atoms with Crippen molar-refractivity contribution in [2.24, 2.45) is 5.41 Å². The highest BCUT2D eigenvalue weighted by atomic mass is 16.2. The number of hydrogen-bond donors (Lipinski definition) is 2. The lowest BCUT2D eigenvalue weighted by Crippen LogP contribution is -2.46. The van der Waals surface area contributed by atoms with Crippen molar-refractivity contribution in [1.82, 2.24) is 15.5 Å². The first kappa shape index (κ1) is 13.8. The molecular weight excluding hydrogens is 226 g/mol. The Morgan fingerprint density at radius 1 is 1.39 bits per heavy atom. The molecular formula is C14H27N3O. The van der Waals surface area contributed by atoms with E-state index in [1.807, 2.05) is 6.92 Å². The van der Waals surface area contributed by atoms with E-state index < -0.39 is 0 Å². The molecule has 2 saturated heterocycles. The number of amides is 1. The summed E-state index contributed by atoms with van der Waals surface area (Å²) >= 11 is 0. The zero-order valence-electron chi connectivity index (χ0n) is 11.8.